The average molecular weight is 384 g/mol. The number of carbonyl (C=O) groups is 2. The maximum absolute atomic E-state index is 12.1. The summed E-state index contributed by atoms with van der Waals surface area (Å²) in [7, 11) is 0. The highest BCUT2D eigenvalue weighted by molar-refractivity contribution is 5.91. The molecule has 1 fully saturated rings. The van der Waals surface area contributed by atoms with E-state index in [2.05, 4.69) is 16.3 Å². The topological polar surface area (TPSA) is 88.1 Å². The quantitative estimate of drug-likeness (QED) is 0.707. The van der Waals surface area contributed by atoms with E-state index in [-0.39, 0.29) is 23.8 Å². The van der Waals surface area contributed by atoms with Gasteiger partial charge in [0.25, 0.3) is 5.91 Å². The summed E-state index contributed by atoms with van der Waals surface area (Å²) in [6, 6.07) is 13.8. The summed E-state index contributed by atoms with van der Waals surface area (Å²) in [5, 5.41) is 12.2. The van der Waals surface area contributed by atoms with Crippen LogP contribution in [0.15, 0.2) is 48.5 Å². The van der Waals surface area contributed by atoms with Crippen LogP contribution in [-0.2, 0) is 27.4 Å². The molecule has 3 rings (SSSR count). The fourth-order valence-electron chi connectivity index (χ4n) is 2.98. The van der Waals surface area contributed by atoms with Crippen LogP contribution in [0.4, 0.5) is 0 Å². The molecule has 0 bridgehead atoms. The van der Waals surface area contributed by atoms with Gasteiger partial charge >= 0.3 is 5.97 Å². The molecule has 2 aromatic carbocycles. The van der Waals surface area contributed by atoms with Gasteiger partial charge in [0.05, 0.1) is 18.8 Å². The lowest BCUT2D eigenvalue weighted by atomic mass is 10.1. The fourth-order valence-corrected chi connectivity index (χ4v) is 2.98. The average Bonchev–Trinajstić information content (AvgIpc) is 2.72. The van der Waals surface area contributed by atoms with Gasteiger partial charge in [-0.1, -0.05) is 30.3 Å². The minimum atomic E-state index is -0.654. The van der Waals surface area contributed by atoms with Crippen LogP contribution < -0.4 is 5.32 Å². The van der Waals surface area contributed by atoms with E-state index in [1.807, 2.05) is 18.2 Å². The highest BCUT2D eigenvalue weighted by atomic mass is 16.5. The number of esters is 1. The summed E-state index contributed by atoms with van der Waals surface area (Å²) in [5.41, 5.74) is 2.38. The molecule has 28 heavy (non-hydrogen) atoms. The highest BCUT2D eigenvalue weighted by Crippen LogP contribution is 2.13. The molecule has 1 aliphatic heterocycles. The number of ether oxygens (including phenoxy) is 2. The Balaban J connectivity index is 1.48. The number of amides is 1. The number of benzene rings is 2. The Bertz CT molecular complexity index is 818. The van der Waals surface area contributed by atoms with Gasteiger partial charge in [0.15, 0.2) is 6.61 Å². The lowest BCUT2D eigenvalue weighted by Crippen LogP contribution is -2.36. The number of hydrogen-bond acceptors (Lipinski definition) is 6. The van der Waals surface area contributed by atoms with Gasteiger partial charge in [0.2, 0.25) is 0 Å². The summed E-state index contributed by atoms with van der Waals surface area (Å²) in [5.74, 6) is -1.07. The first-order valence-corrected chi connectivity index (χ1v) is 9.21. The first-order chi connectivity index (χ1) is 13.6. The van der Waals surface area contributed by atoms with Crippen molar-refractivity contribution >= 4 is 11.9 Å². The SMILES string of the molecule is O=C(COC(=O)c1cccc(O)c1)NCc1ccccc1CN1CCOCC1. The van der Waals surface area contributed by atoms with Crippen molar-refractivity contribution in [3.05, 3.63) is 65.2 Å². The zero-order valence-corrected chi connectivity index (χ0v) is 15.6. The molecule has 1 saturated heterocycles. The Kier molecular flexibility index (Phi) is 7.00. The molecule has 0 atom stereocenters. The van der Waals surface area contributed by atoms with Crippen LogP contribution in [0.3, 0.4) is 0 Å². The largest absolute Gasteiger partial charge is 0.508 e. The smallest absolute Gasteiger partial charge is 0.338 e. The predicted octanol–water partition coefficient (Wildman–Crippen LogP) is 1.70. The molecule has 2 N–H and O–H groups in total. The maximum atomic E-state index is 12.1. The Morgan fingerprint density at radius 3 is 2.57 bits per heavy atom. The van der Waals surface area contributed by atoms with Crippen LogP contribution in [0, 0.1) is 0 Å². The first-order valence-electron chi connectivity index (χ1n) is 9.21. The lowest BCUT2D eigenvalue weighted by molar-refractivity contribution is -0.124. The van der Waals surface area contributed by atoms with Crippen LogP contribution in [0.25, 0.3) is 0 Å². The molecule has 1 amide bonds. The molecule has 1 aliphatic rings. The van der Waals surface area contributed by atoms with Gasteiger partial charge in [-0.2, -0.15) is 0 Å². The number of hydrogen-bond donors (Lipinski definition) is 2. The van der Waals surface area contributed by atoms with Crippen molar-refractivity contribution in [2.24, 2.45) is 0 Å². The molecule has 0 radical (unpaired) electrons. The Labute approximate surface area is 163 Å². The van der Waals surface area contributed by atoms with Crippen LogP contribution >= 0.6 is 0 Å². The minimum absolute atomic E-state index is 0.0317. The summed E-state index contributed by atoms with van der Waals surface area (Å²) in [6.45, 7) is 4.06. The third-order valence-corrected chi connectivity index (χ3v) is 4.51. The van der Waals surface area contributed by atoms with Crippen molar-refractivity contribution in [3.8, 4) is 5.75 Å². The van der Waals surface area contributed by atoms with Crippen molar-refractivity contribution in [2.45, 2.75) is 13.1 Å². The van der Waals surface area contributed by atoms with Gasteiger partial charge < -0.3 is 19.9 Å². The Hall–Kier alpha value is -2.90. The van der Waals surface area contributed by atoms with Gasteiger partial charge in [0.1, 0.15) is 5.75 Å². The molecular weight excluding hydrogens is 360 g/mol. The van der Waals surface area contributed by atoms with Crippen LogP contribution in [0.2, 0.25) is 0 Å². The number of rotatable bonds is 7. The molecule has 148 valence electrons. The number of morpholine rings is 1. The van der Waals surface area contributed by atoms with E-state index < -0.39 is 5.97 Å². The van der Waals surface area contributed by atoms with Crippen molar-refractivity contribution in [1.82, 2.24) is 10.2 Å². The number of phenolic OH excluding ortho intramolecular Hbond substituents is 1. The molecule has 2 aromatic rings. The number of carbonyl (C=O) groups excluding carboxylic acids is 2. The minimum Gasteiger partial charge on any atom is -0.508 e. The fraction of sp³-hybridized carbons (Fsp3) is 0.333. The predicted molar refractivity (Wildman–Crippen MR) is 103 cm³/mol. The van der Waals surface area contributed by atoms with E-state index in [9.17, 15) is 14.7 Å². The molecule has 0 aliphatic carbocycles. The molecule has 1 heterocycles. The van der Waals surface area contributed by atoms with Gasteiger partial charge in [-0.15, -0.1) is 0 Å². The summed E-state index contributed by atoms with van der Waals surface area (Å²) in [4.78, 5) is 26.3. The zero-order valence-electron chi connectivity index (χ0n) is 15.6. The third kappa shape index (κ3) is 5.80. The summed E-state index contributed by atoms with van der Waals surface area (Å²) < 4.78 is 10.4. The molecule has 0 aromatic heterocycles. The first kappa shape index (κ1) is 19.9. The van der Waals surface area contributed by atoms with E-state index in [0.29, 0.717) is 6.54 Å². The lowest BCUT2D eigenvalue weighted by Gasteiger charge is -2.27. The summed E-state index contributed by atoms with van der Waals surface area (Å²) >= 11 is 0. The normalized spacial score (nSPS) is 14.4. The van der Waals surface area contributed by atoms with E-state index in [0.717, 1.165) is 44.0 Å². The van der Waals surface area contributed by atoms with Crippen LogP contribution in [-0.4, -0.2) is 54.8 Å². The molecule has 0 spiro atoms. The van der Waals surface area contributed by atoms with Crippen molar-refractivity contribution in [2.75, 3.05) is 32.9 Å². The molecular formula is C21H24N2O5. The molecule has 7 nitrogen and oxygen atoms in total. The second kappa shape index (κ2) is 9.87. The molecule has 0 saturated carbocycles. The zero-order chi connectivity index (χ0) is 19.8. The number of nitrogens with zero attached hydrogens (tertiary/aromatic N) is 1. The van der Waals surface area contributed by atoms with E-state index in [1.54, 1.807) is 0 Å². The maximum Gasteiger partial charge on any atom is 0.338 e. The van der Waals surface area contributed by atoms with E-state index >= 15 is 0 Å². The van der Waals surface area contributed by atoms with E-state index in [1.165, 1.54) is 24.3 Å². The van der Waals surface area contributed by atoms with Crippen LogP contribution in [0.5, 0.6) is 5.75 Å². The van der Waals surface area contributed by atoms with Gasteiger partial charge in [-0.3, -0.25) is 9.69 Å². The second-order valence-electron chi connectivity index (χ2n) is 6.56. The monoisotopic (exact) mass is 384 g/mol. The van der Waals surface area contributed by atoms with Crippen LogP contribution in [0.1, 0.15) is 21.5 Å². The van der Waals surface area contributed by atoms with Crippen molar-refractivity contribution in [3.63, 3.8) is 0 Å². The number of nitrogens with one attached hydrogen (secondary N) is 1. The number of aromatic hydroxyl groups is 1. The molecule has 0 unspecified atom stereocenters. The summed E-state index contributed by atoms with van der Waals surface area (Å²) in [6.07, 6.45) is 0. The van der Waals surface area contributed by atoms with E-state index in [4.69, 9.17) is 9.47 Å². The highest BCUT2D eigenvalue weighted by Gasteiger charge is 2.14. The molecule has 7 heteroatoms. The van der Waals surface area contributed by atoms with Gasteiger partial charge in [-0.05, 0) is 29.3 Å². The number of phenols is 1. The Morgan fingerprint density at radius 2 is 1.82 bits per heavy atom. The van der Waals surface area contributed by atoms with Gasteiger partial charge in [-0.25, -0.2) is 4.79 Å². The van der Waals surface area contributed by atoms with Crippen molar-refractivity contribution in [1.29, 1.82) is 0 Å². The van der Waals surface area contributed by atoms with Gasteiger partial charge in [0, 0.05) is 26.2 Å². The third-order valence-electron chi connectivity index (χ3n) is 4.51. The second-order valence-corrected chi connectivity index (χ2v) is 6.56. The Morgan fingerprint density at radius 1 is 1.07 bits per heavy atom. The van der Waals surface area contributed by atoms with Crippen molar-refractivity contribution < 1.29 is 24.2 Å². The standard InChI is InChI=1S/C21H24N2O5/c24-19-7-3-6-16(12-19)21(26)28-15-20(25)22-13-17-4-1-2-5-18(17)14-23-8-10-27-11-9-23/h1-7,12,24H,8-11,13-15H2,(H,22,25).